The minimum atomic E-state index is -1.05. The molecule has 124 valence electrons. The summed E-state index contributed by atoms with van der Waals surface area (Å²) < 4.78 is 13.1. The van der Waals surface area contributed by atoms with Crippen molar-refractivity contribution >= 4 is 34.0 Å². The third-order valence-electron chi connectivity index (χ3n) is 3.50. The summed E-state index contributed by atoms with van der Waals surface area (Å²) in [4.78, 5) is 18.1. The van der Waals surface area contributed by atoms with Gasteiger partial charge in [-0.3, -0.25) is 14.0 Å². The van der Waals surface area contributed by atoms with Crippen LogP contribution in [0.25, 0.3) is 5.69 Å². The molecular weight excluding hydrogens is 336 g/mol. The smallest absolute Gasteiger partial charge is 0.228 e. The van der Waals surface area contributed by atoms with Crippen LogP contribution in [0.3, 0.4) is 0 Å². The maximum absolute atomic E-state index is 12.5. The summed E-state index contributed by atoms with van der Waals surface area (Å²) in [6.45, 7) is 4.12. The lowest BCUT2D eigenvalue weighted by atomic mass is 10.3. The minimum absolute atomic E-state index is 0.122. The van der Waals surface area contributed by atoms with E-state index in [0.29, 0.717) is 12.2 Å². The van der Waals surface area contributed by atoms with Gasteiger partial charge in [-0.15, -0.1) is 0 Å². The average molecular weight is 355 g/mol. The molecule has 0 aromatic carbocycles. The third-order valence-corrected chi connectivity index (χ3v) is 5.07. The van der Waals surface area contributed by atoms with Gasteiger partial charge in [-0.25, -0.2) is 4.68 Å². The highest BCUT2D eigenvalue weighted by Gasteiger charge is 2.22. The lowest BCUT2D eigenvalue weighted by Gasteiger charge is -2.21. The Morgan fingerprint density at radius 3 is 2.83 bits per heavy atom. The number of amides is 1. The van der Waals surface area contributed by atoms with Crippen molar-refractivity contribution in [1.82, 2.24) is 14.8 Å². The molecule has 2 rings (SSSR count). The molecule has 0 aliphatic rings. The lowest BCUT2D eigenvalue weighted by Crippen LogP contribution is -2.33. The first-order valence-electron chi connectivity index (χ1n) is 7.22. The van der Waals surface area contributed by atoms with Gasteiger partial charge in [-0.1, -0.05) is 18.5 Å². The van der Waals surface area contributed by atoms with Gasteiger partial charge < -0.3 is 4.90 Å². The first-order chi connectivity index (χ1) is 10.9. The number of pyridine rings is 1. The molecule has 8 heteroatoms. The number of carbonyl (C=O) groups is 1. The summed E-state index contributed by atoms with van der Waals surface area (Å²) in [5.41, 5.74) is 1.30. The second-order valence-electron chi connectivity index (χ2n) is 5.11. The molecule has 0 saturated carbocycles. The van der Waals surface area contributed by atoms with Crippen molar-refractivity contribution in [3.63, 3.8) is 0 Å². The largest absolute Gasteiger partial charge is 0.308 e. The van der Waals surface area contributed by atoms with E-state index in [1.54, 1.807) is 47.4 Å². The van der Waals surface area contributed by atoms with Gasteiger partial charge in [0.05, 0.1) is 18.1 Å². The van der Waals surface area contributed by atoms with Crippen LogP contribution in [0.1, 0.15) is 20.3 Å². The Hall–Kier alpha value is -1.73. The Kier molecular flexibility index (Phi) is 5.90. The van der Waals surface area contributed by atoms with E-state index >= 15 is 0 Å². The van der Waals surface area contributed by atoms with E-state index in [-0.39, 0.29) is 22.7 Å². The van der Waals surface area contributed by atoms with Crippen LogP contribution in [0.5, 0.6) is 0 Å². The van der Waals surface area contributed by atoms with Crippen molar-refractivity contribution in [3.8, 4) is 5.69 Å². The molecule has 0 radical (unpaired) electrons. The van der Waals surface area contributed by atoms with Gasteiger partial charge in [0.15, 0.2) is 5.15 Å². The van der Waals surface area contributed by atoms with Gasteiger partial charge in [-0.2, -0.15) is 5.10 Å². The van der Waals surface area contributed by atoms with E-state index in [1.165, 1.54) is 0 Å². The molecule has 0 saturated heterocycles. The first-order valence-corrected chi connectivity index (χ1v) is 9.22. The molecule has 2 aromatic rings. The minimum Gasteiger partial charge on any atom is -0.308 e. The molecule has 0 spiro atoms. The van der Waals surface area contributed by atoms with E-state index in [9.17, 15) is 9.00 Å². The average Bonchev–Trinajstić information content (AvgIpc) is 2.91. The number of halogens is 1. The van der Waals surface area contributed by atoms with Crippen molar-refractivity contribution in [2.24, 2.45) is 0 Å². The van der Waals surface area contributed by atoms with Gasteiger partial charge in [0.2, 0.25) is 5.91 Å². The van der Waals surface area contributed by atoms with Crippen LogP contribution < -0.4 is 4.90 Å². The highest BCUT2D eigenvalue weighted by Crippen LogP contribution is 2.26. The fourth-order valence-electron chi connectivity index (χ4n) is 2.10. The highest BCUT2D eigenvalue weighted by atomic mass is 35.5. The van der Waals surface area contributed by atoms with Crippen molar-refractivity contribution < 1.29 is 9.00 Å². The van der Waals surface area contributed by atoms with Gasteiger partial charge >= 0.3 is 0 Å². The number of carbonyl (C=O) groups excluding carboxylic acids is 1. The number of hydrogen-bond donors (Lipinski definition) is 0. The number of nitrogens with zero attached hydrogens (tertiary/aromatic N) is 4. The summed E-state index contributed by atoms with van der Waals surface area (Å²) in [6.07, 6.45) is 6.83. The van der Waals surface area contributed by atoms with Gasteiger partial charge in [0, 0.05) is 41.5 Å². The van der Waals surface area contributed by atoms with E-state index in [2.05, 4.69) is 10.1 Å². The van der Waals surface area contributed by atoms with Crippen LogP contribution in [0.2, 0.25) is 5.15 Å². The Morgan fingerprint density at radius 1 is 1.52 bits per heavy atom. The number of rotatable bonds is 6. The molecule has 23 heavy (non-hydrogen) atoms. The van der Waals surface area contributed by atoms with Gasteiger partial charge in [-0.05, 0) is 19.1 Å². The second kappa shape index (κ2) is 7.70. The van der Waals surface area contributed by atoms with E-state index in [0.717, 1.165) is 5.69 Å². The van der Waals surface area contributed by atoms with Crippen LogP contribution in [0.15, 0.2) is 30.7 Å². The van der Waals surface area contributed by atoms with Crippen molar-refractivity contribution in [3.05, 3.63) is 35.9 Å². The zero-order valence-corrected chi connectivity index (χ0v) is 14.8. The summed E-state index contributed by atoms with van der Waals surface area (Å²) in [6, 6.07) is 3.64. The SMILES string of the molecule is CCN(C(=O)CC(C)S(C)=O)c1cn(-c2cccnc2)nc1Cl. The molecule has 2 unspecified atom stereocenters. The van der Waals surface area contributed by atoms with E-state index in [4.69, 9.17) is 11.6 Å². The van der Waals surface area contributed by atoms with Crippen LogP contribution in [-0.4, -0.2) is 42.9 Å². The second-order valence-corrected chi connectivity index (χ2v) is 7.27. The van der Waals surface area contributed by atoms with Crippen LogP contribution in [0, 0.1) is 0 Å². The molecule has 2 atom stereocenters. The maximum Gasteiger partial charge on any atom is 0.228 e. The predicted molar refractivity (Wildman–Crippen MR) is 92.5 cm³/mol. The molecule has 1 amide bonds. The summed E-state index contributed by atoms with van der Waals surface area (Å²) in [7, 11) is -1.05. The number of aromatic nitrogens is 3. The molecule has 2 heterocycles. The molecule has 0 fully saturated rings. The predicted octanol–water partition coefficient (Wildman–Crippen LogP) is 2.43. The third kappa shape index (κ3) is 4.17. The molecule has 0 N–H and O–H groups in total. The van der Waals surface area contributed by atoms with Gasteiger partial charge in [0.25, 0.3) is 0 Å². The highest BCUT2D eigenvalue weighted by molar-refractivity contribution is 7.84. The summed E-state index contributed by atoms with van der Waals surface area (Å²) in [5.74, 6) is -0.122. The quantitative estimate of drug-likeness (QED) is 0.799. The maximum atomic E-state index is 12.5. The molecular formula is C15H19ClN4O2S. The lowest BCUT2D eigenvalue weighted by molar-refractivity contribution is -0.118. The Balaban J connectivity index is 2.26. The zero-order chi connectivity index (χ0) is 17.0. The van der Waals surface area contributed by atoms with Crippen molar-refractivity contribution in [2.45, 2.75) is 25.5 Å². The van der Waals surface area contributed by atoms with Crippen molar-refractivity contribution in [2.75, 3.05) is 17.7 Å². The zero-order valence-electron chi connectivity index (χ0n) is 13.3. The Labute approximate surface area is 142 Å². The van der Waals surface area contributed by atoms with Crippen LogP contribution >= 0.6 is 11.6 Å². The molecule has 6 nitrogen and oxygen atoms in total. The Morgan fingerprint density at radius 2 is 2.26 bits per heavy atom. The molecule has 0 aliphatic heterocycles. The molecule has 0 bridgehead atoms. The fraction of sp³-hybridized carbons (Fsp3) is 0.400. The first kappa shape index (κ1) is 17.6. The summed E-state index contributed by atoms with van der Waals surface area (Å²) >= 11 is 6.21. The fourth-order valence-corrected chi connectivity index (χ4v) is 2.71. The summed E-state index contributed by atoms with van der Waals surface area (Å²) in [5, 5.41) is 4.27. The topological polar surface area (TPSA) is 68.1 Å². The molecule has 0 aliphatic carbocycles. The number of anilines is 1. The Bertz CT molecular complexity index is 705. The van der Waals surface area contributed by atoms with Crippen LogP contribution in [-0.2, 0) is 15.6 Å². The van der Waals surface area contributed by atoms with E-state index < -0.39 is 10.8 Å². The van der Waals surface area contributed by atoms with Crippen molar-refractivity contribution in [1.29, 1.82) is 0 Å². The van der Waals surface area contributed by atoms with Gasteiger partial charge in [0.1, 0.15) is 5.69 Å². The number of hydrogen-bond acceptors (Lipinski definition) is 4. The standard InChI is InChI=1S/C15H19ClN4O2S/c1-4-19(14(21)8-11(2)23(3)22)13-10-20(18-15(13)16)12-6-5-7-17-9-12/h5-7,9-11H,4,8H2,1-3H3. The van der Waals surface area contributed by atoms with E-state index in [1.807, 2.05) is 13.0 Å². The monoisotopic (exact) mass is 354 g/mol. The normalized spacial score (nSPS) is 13.6. The van der Waals surface area contributed by atoms with Crippen LogP contribution in [0.4, 0.5) is 5.69 Å². The molecule has 2 aromatic heterocycles.